The van der Waals surface area contributed by atoms with Crippen molar-refractivity contribution in [3.05, 3.63) is 53.5 Å². The Labute approximate surface area is 115 Å². The van der Waals surface area contributed by atoms with Crippen LogP contribution in [0.3, 0.4) is 0 Å². The van der Waals surface area contributed by atoms with E-state index in [0.29, 0.717) is 23.7 Å². The first kappa shape index (κ1) is 12.4. The molecule has 0 aliphatic carbocycles. The third-order valence-electron chi connectivity index (χ3n) is 3.24. The molecule has 0 saturated heterocycles. The van der Waals surface area contributed by atoms with Crippen molar-refractivity contribution in [2.45, 2.75) is 12.5 Å². The van der Waals surface area contributed by atoms with E-state index in [9.17, 15) is 4.39 Å². The zero-order chi connectivity index (χ0) is 13.9. The van der Waals surface area contributed by atoms with Gasteiger partial charge in [0.25, 0.3) is 0 Å². The van der Waals surface area contributed by atoms with E-state index in [-0.39, 0.29) is 11.9 Å². The molecule has 0 saturated carbocycles. The highest BCUT2D eigenvalue weighted by Gasteiger charge is 2.24. The molecule has 2 heterocycles. The molecule has 1 N–H and O–H groups in total. The van der Waals surface area contributed by atoms with Crippen LogP contribution in [-0.4, -0.2) is 11.6 Å². The fourth-order valence-corrected chi connectivity index (χ4v) is 2.26. The summed E-state index contributed by atoms with van der Waals surface area (Å²) in [6.45, 7) is 0.460. The molecule has 100 valence electrons. The molecular formula is C15H12FN3O. The van der Waals surface area contributed by atoms with Gasteiger partial charge in [-0.25, -0.2) is 9.37 Å². The Hall–Kier alpha value is -2.61. The van der Waals surface area contributed by atoms with E-state index in [1.807, 2.05) is 12.1 Å². The molecule has 1 aliphatic heterocycles. The zero-order valence-electron chi connectivity index (χ0n) is 10.6. The molecule has 1 aliphatic rings. The lowest BCUT2D eigenvalue weighted by Crippen LogP contribution is -2.21. The molecule has 0 amide bonds. The second-order valence-electron chi connectivity index (χ2n) is 4.54. The zero-order valence-corrected chi connectivity index (χ0v) is 10.6. The van der Waals surface area contributed by atoms with Gasteiger partial charge in [-0.15, -0.1) is 0 Å². The van der Waals surface area contributed by atoms with Crippen molar-refractivity contribution in [1.29, 1.82) is 5.26 Å². The van der Waals surface area contributed by atoms with Gasteiger partial charge in [-0.1, -0.05) is 12.1 Å². The smallest absolute Gasteiger partial charge is 0.165 e. The highest BCUT2D eigenvalue weighted by atomic mass is 19.1. The predicted molar refractivity (Wildman–Crippen MR) is 71.8 cm³/mol. The number of anilines is 1. The van der Waals surface area contributed by atoms with Crippen molar-refractivity contribution < 1.29 is 9.13 Å². The van der Waals surface area contributed by atoms with E-state index in [1.165, 1.54) is 12.3 Å². The fraction of sp³-hybridized carbons (Fsp3) is 0.200. The van der Waals surface area contributed by atoms with Crippen LogP contribution in [0.5, 0.6) is 5.75 Å². The molecule has 1 aromatic heterocycles. The van der Waals surface area contributed by atoms with Crippen LogP contribution in [0.4, 0.5) is 10.2 Å². The lowest BCUT2D eigenvalue weighted by Gasteiger charge is -2.27. The second-order valence-corrected chi connectivity index (χ2v) is 4.54. The number of fused-ring (bicyclic) bond motifs is 1. The van der Waals surface area contributed by atoms with Crippen LogP contribution in [0.15, 0.2) is 36.5 Å². The Kier molecular flexibility index (Phi) is 3.21. The summed E-state index contributed by atoms with van der Waals surface area (Å²) in [6, 6.07) is 10.3. The van der Waals surface area contributed by atoms with Crippen molar-refractivity contribution in [3.8, 4) is 11.8 Å². The van der Waals surface area contributed by atoms with Gasteiger partial charge >= 0.3 is 0 Å². The molecule has 3 rings (SSSR count). The van der Waals surface area contributed by atoms with Gasteiger partial charge in [0.05, 0.1) is 18.2 Å². The van der Waals surface area contributed by atoms with Gasteiger partial charge in [-0.05, 0) is 18.2 Å². The normalized spacial score (nSPS) is 16.7. The van der Waals surface area contributed by atoms with Gasteiger partial charge in [0.1, 0.15) is 11.9 Å². The largest absolute Gasteiger partial charge is 0.490 e. The average Bonchev–Trinajstić information content (AvgIpc) is 2.49. The van der Waals surface area contributed by atoms with Crippen LogP contribution in [0.1, 0.15) is 23.6 Å². The summed E-state index contributed by atoms with van der Waals surface area (Å²) in [5.41, 5.74) is 1.30. The monoisotopic (exact) mass is 269 g/mol. The number of hydrogen-bond donors (Lipinski definition) is 1. The number of benzene rings is 1. The second kappa shape index (κ2) is 5.17. The van der Waals surface area contributed by atoms with Crippen molar-refractivity contribution in [2.24, 2.45) is 0 Å². The molecule has 1 aromatic carbocycles. The molecule has 0 bridgehead atoms. The Bertz CT molecular complexity index is 664. The Balaban J connectivity index is 1.86. The third-order valence-corrected chi connectivity index (χ3v) is 3.24. The van der Waals surface area contributed by atoms with Crippen molar-refractivity contribution >= 4 is 5.82 Å². The number of ether oxygens (including phenoxy) is 1. The lowest BCUT2D eigenvalue weighted by atomic mass is 10.0. The number of rotatable bonds is 2. The van der Waals surface area contributed by atoms with Gasteiger partial charge in [-0.3, -0.25) is 0 Å². The van der Waals surface area contributed by atoms with Crippen LogP contribution in [0, 0.1) is 17.1 Å². The third kappa shape index (κ3) is 2.28. The van der Waals surface area contributed by atoms with Crippen LogP contribution < -0.4 is 10.1 Å². The highest BCUT2D eigenvalue weighted by Crippen LogP contribution is 2.35. The fourth-order valence-electron chi connectivity index (χ4n) is 2.26. The summed E-state index contributed by atoms with van der Waals surface area (Å²) in [5, 5.41) is 12.0. The Morgan fingerprint density at radius 3 is 3.00 bits per heavy atom. The van der Waals surface area contributed by atoms with Crippen LogP contribution in [0.2, 0.25) is 0 Å². The minimum atomic E-state index is -0.346. The molecule has 20 heavy (non-hydrogen) atoms. The molecular weight excluding hydrogens is 257 g/mol. The molecule has 0 spiro atoms. The number of nitrogens with zero attached hydrogens (tertiary/aromatic N) is 2. The number of nitriles is 1. The Morgan fingerprint density at radius 2 is 2.25 bits per heavy atom. The number of aromatic nitrogens is 1. The minimum Gasteiger partial charge on any atom is -0.490 e. The highest BCUT2D eigenvalue weighted by molar-refractivity contribution is 5.46. The molecule has 0 unspecified atom stereocenters. The number of para-hydroxylation sites is 1. The number of pyridine rings is 1. The van der Waals surface area contributed by atoms with Crippen LogP contribution in [-0.2, 0) is 0 Å². The van der Waals surface area contributed by atoms with Gasteiger partial charge in [0, 0.05) is 18.2 Å². The SMILES string of the molecule is N#Cc1ccc(N[C@H]2CCOc3c(F)cccc32)nc1. The number of halogens is 1. The van der Waals surface area contributed by atoms with E-state index >= 15 is 0 Å². The van der Waals surface area contributed by atoms with E-state index in [1.54, 1.807) is 18.2 Å². The number of nitrogens with one attached hydrogen (secondary N) is 1. The summed E-state index contributed by atoms with van der Waals surface area (Å²) >= 11 is 0. The number of hydrogen-bond acceptors (Lipinski definition) is 4. The molecule has 0 radical (unpaired) electrons. The molecule has 4 nitrogen and oxygen atoms in total. The summed E-state index contributed by atoms with van der Waals surface area (Å²) in [6.07, 6.45) is 2.24. The topological polar surface area (TPSA) is 57.9 Å². The molecule has 1 atom stereocenters. The van der Waals surface area contributed by atoms with Crippen LogP contribution in [0.25, 0.3) is 0 Å². The van der Waals surface area contributed by atoms with E-state index in [2.05, 4.69) is 10.3 Å². The van der Waals surface area contributed by atoms with E-state index in [4.69, 9.17) is 10.00 Å². The van der Waals surface area contributed by atoms with Crippen molar-refractivity contribution in [1.82, 2.24) is 4.98 Å². The minimum absolute atomic E-state index is 0.0464. The van der Waals surface area contributed by atoms with Gasteiger partial charge in [0.2, 0.25) is 0 Å². The van der Waals surface area contributed by atoms with E-state index in [0.717, 1.165) is 12.0 Å². The maximum Gasteiger partial charge on any atom is 0.165 e. The summed E-state index contributed by atoms with van der Waals surface area (Å²) < 4.78 is 19.1. The van der Waals surface area contributed by atoms with Gasteiger partial charge in [0.15, 0.2) is 11.6 Å². The lowest BCUT2D eigenvalue weighted by molar-refractivity contribution is 0.260. The quantitative estimate of drug-likeness (QED) is 0.910. The first-order valence-corrected chi connectivity index (χ1v) is 6.32. The average molecular weight is 269 g/mol. The summed E-state index contributed by atoms with van der Waals surface area (Å²) in [7, 11) is 0. The van der Waals surface area contributed by atoms with E-state index < -0.39 is 0 Å². The molecule has 2 aromatic rings. The van der Waals surface area contributed by atoms with Gasteiger partial charge in [-0.2, -0.15) is 5.26 Å². The standard InChI is InChI=1S/C15H12FN3O/c16-12-3-1-2-11-13(6-7-20-15(11)12)19-14-5-4-10(8-17)9-18-14/h1-5,9,13H,6-7H2,(H,18,19)/t13-/m0/s1. The predicted octanol–water partition coefficient (Wildman–Crippen LogP) is 3.03. The molecule has 5 heteroatoms. The maximum absolute atomic E-state index is 13.7. The summed E-state index contributed by atoms with van der Waals surface area (Å²) in [4.78, 5) is 4.17. The molecule has 0 fully saturated rings. The Morgan fingerprint density at radius 1 is 1.35 bits per heavy atom. The van der Waals surface area contributed by atoms with Gasteiger partial charge < -0.3 is 10.1 Å². The maximum atomic E-state index is 13.7. The summed E-state index contributed by atoms with van der Waals surface area (Å²) in [5.74, 6) is 0.623. The van der Waals surface area contributed by atoms with Crippen molar-refractivity contribution in [2.75, 3.05) is 11.9 Å². The van der Waals surface area contributed by atoms with Crippen molar-refractivity contribution in [3.63, 3.8) is 0 Å². The van der Waals surface area contributed by atoms with Crippen LogP contribution >= 0.6 is 0 Å². The first-order valence-electron chi connectivity index (χ1n) is 6.32. The first-order chi connectivity index (χ1) is 9.78.